The molecule has 0 saturated heterocycles. The monoisotopic (exact) mass is 450 g/mol. The van der Waals surface area contributed by atoms with Gasteiger partial charge in [-0.3, -0.25) is 5.26 Å². The molecule has 2 rings (SSSR count). The molecule has 0 heterocycles. The molecule has 11 heteroatoms. The lowest BCUT2D eigenvalue weighted by Crippen LogP contribution is -2.06. The number of aryl methyl sites for hydroxylation is 1. The van der Waals surface area contributed by atoms with Crippen molar-refractivity contribution in [2.24, 2.45) is 0 Å². The summed E-state index contributed by atoms with van der Waals surface area (Å²) in [4.78, 5) is 25.4. The van der Waals surface area contributed by atoms with Crippen LogP contribution < -0.4 is 0 Å². The lowest BCUT2D eigenvalue weighted by atomic mass is 10.1. The van der Waals surface area contributed by atoms with Crippen LogP contribution in [0.2, 0.25) is 0 Å². The van der Waals surface area contributed by atoms with Crippen molar-refractivity contribution in [3.8, 4) is 5.75 Å². The summed E-state index contributed by atoms with van der Waals surface area (Å²) >= 11 is 0. The summed E-state index contributed by atoms with van der Waals surface area (Å²) in [6.45, 7) is 1.69. The number of methoxy groups -OCH3 is 2. The SMILES string of the molecule is COC(=O)c1ccc(C)cc1C(F)F.COC(=O)c1ccc(O)cc1C(F)F.COO. The van der Waals surface area contributed by atoms with Crippen LogP contribution in [0.25, 0.3) is 0 Å². The zero-order valence-corrected chi connectivity index (χ0v) is 17.1. The molecular weight excluding hydrogens is 428 g/mol. The van der Waals surface area contributed by atoms with Gasteiger partial charge in [0.2, 0.25) is 0 Å². The molecule has 7 nitrogen and oxygen atoms in total. The Labute approximate surface area is 175 Å². The summed E-state index contributed by atoms with van der Waals surface area (Å²) in [5.41, 5.74) is -0.435. The van der Waals surface area contributed by atoms with Crippen molar-refractivity contribution in [1.82, 2.24) is 0 Å². The molecular formula is C20H22F4O7. The quantitative estimate of drug-likeness (QED) is 0.294. The molecule has 172 valence electrons. The molecule has 31 heavy (non-hydrogen) atoms. The van der Waals surface area contributed by atoms with Gasteiger partial charge in [-0.15, -0.1) is 0 Å². The number of hydrogen-bond donors (Lipinski definition) is 2. The number of phenols is 1. The predicted octanol–water partition coefficient (Wildman–Crippen LogP) is 4.94. The van der Waals surface area contributed by atoms with Crippen molar-refractivity contribution in [2.75, 3.05) is 21.3 Å². The fourth-order valence-corrected chi connectivity index (χ4v) is 2.19. The maximum absolute atomic E-state index is 12.5. The molecule has 0 aliphatic heterocycles. The molecule has 0 radical (unpaired) electrons. The molecule has 0 atom stereocenters. The minimum atomic E-state index is -2.82. The number of halogens is 4. The average Bonchev–Trinajstić information content (AvgIpc) is 2.73. The molecule has 0 amide bonds. The zero-order chi connectivity index (χ0) is 24.1. The Morgan fingerprint density at radius 1 is 0.806 bits per heavy atom. The number of carbonyl (C=O) groups excluding carboxylic acids is 2. The van der Waals surface area contributed by atoms with E-state index in [2.05, 4.69) is 14.4 Å². The minimum absolute atomic E-state index is 0.0758. The molecule has 2 aromatic carbocycles. The van der Waals surface area contributed by atoms with Crippen LogP contribution in [0.15, 0.2) is 36.4 Å². The van der Waals surface area contributed by atoms with Gasteiger partial charge in [-0.1, -0.05) is 11.6 Å². The van der Waals surface area contributed by atoms with Crippen molar-refractivity contribution < 1.29 is 51.9 Å². The smallest absolute Gasteiger partial charge is 0.338 e. The first-order valence-electron chi connectivity index (χ1n) is 8.37. The van der Waals surface area contributed by atoms with Crippen LogP contribution in [0.5, 0.6) is 5.75 Å². The van der Waals surface area contributed by atoms with E-state index in [0.717, 1.165) is 32.4 Å². The molecule has 0 saturated carbocycles. The third kappa shape index (κ3) is 9.01. The number of rotatable bonds is 4. The van der Waals surface area contributed by atoms with E-state index in [4.69, 9.17) is 10.4 Å². The lowest BCUT2D eigenvalue weighted by Gasteiger charge is -2.07. The van der Waals surface area contributed by atoms with E-state index >= 15 is 0 Å². The van der Waals surface area contributed by atoms with E-state index in [1.807, 2.05) is 0 Å². The fourth-order valence-electron chi connectivity index (χ4n) is 2.19. The number of alkyl halides is 4. The highest BCUT2D eigenvalue weighted by Crippen LogP contribution is 2.27. The van der Waals surface area contributed by atoms with Crippen LogP contribution in [0.3, 0.4) is 0 Å². The fraction of sp³-hybridized carbons (Fsp3) is 0.300. The van der Waals surface area contributed by atoms with Crippen LogP contribution in [0, 0.1) is 6.92 Å². The van der Waals surface area contributed by atoms with Gasteiger partial charge in [0.15, 0.2) is 0 Å². The van der Waals surface area contributed by atoms with Crippen LogP contribution >= 0.6 is 0 Å². The summed E-state index contributed by atoms with van der Waals surface area (Å²) in [6, 6.07) is 7.33. The number of phenolic OH excluding ortho intramolecular Hbond substituents is 1. The van der Waals surface area contributed by atoms with Gasteiger partial charge in [0, 0.05) is 11.1 Å². The number of esters is 2. The van der Waals surface area contributed by atoms with Gasteiger partial charge < -0.3 is 14.6 Å². The molecule has 0 aliphatic rings. The lowest BCUT2D eigenvalue weighted by molar-refractivity contribution is -0.214. The van der Waals surface area contributed by atoms with E-state index in [0.29, 0.717) is 5.56 Å². The molecule has 0 fully saturated rings. The van der Waals surface area contributed by atoms with E-state index in [1.165, 1.54) is 19.2 Å². The van der Waals surface area contributed by atoms with Gasteiger partial charge >= 0.3 is 11.9 Å². The molecule has 0 unspecified atom stereocenters. The third-order valence-electron chi connectivity index (χ3n) is 3.52. The molecule has 0 bridgehead atoms. The van der Waals surface area contributed by atoms with Gasteiger partial charge in [-0.2, -0.15) is 0 Å². The van der Waals surface area contributed by atoms with Crippen molar-refractivity contribution in [3.63, 3.8) is 0 Å². The zero-order valence-electron chi connectivity index (χ0n) is 17.1. The highest BCUT2D eigenvalue weighted by molar-refractivity contribution is 5.91. The summed E-state index contributed by atoms with van der Waals surface area (Å²) in [5.74, 6) is -1.89. The number of benzene rings is 2. The summed E-state index contributed by atoms with van der Waals surface area (Å²) < 4.78 is 58.5. The first kappa shape index (κ1) is 27.8. The number of ether oxygens (including phenoxy) is 2. The molecule has 2 N–H and O–H groups in total. The van der Waals surface area contributed by atoms with Gasteiger partial charge in [-0.05, 0) is 37.3 Å². The molecule has 0 aromatic heterocycles. The summed E-state index contributed by atoms with van der Waals surface area (Å²) in [6.07, 6.45) is -5.49. The molecule has 0 spiro atoms. The average molecular weight is 450 g/mol. The van der Waals surface area contributed by atoms with E-state index < -0.39 is 30.4 Å². The van der Waals surface area contributed by atoms with E-state index in [1.54, 1.807) is 13.0 Å². The first-order valence-corrected chi connectivity index (χ1v) is 8.37. The Bertz CT molecular complexity index is 788. The topological polar surface area (TPSA) is 102 Å². The summed E-state index contributed by atoms with van der Waals surface area (Å²) in [7, 11) is 3.45. The van der Waals surface area contributed by atoms with Crippen molar-refractivity contribution in [3.05, 3.63) is 64.2 Å². The molecule has 0 aliphatic carbocycles. The van der Waals surface area contributed by atoms with E-state index in [-0.39, 0.29) is 22.4 Å². The maximum Gasteiger partial charge on any atom is 0.338 e. The Balaban J connectivity index is 0.000000516. The third-order valence-corrected chi connectivity index (χ3v) is 3.52. The first-order chi connectivity index (χ1) is 14.5. The van der Waals surface area contributed by atoms with E-state index in [9.17, 15) is 27.2 Å². The Morgan fingerprint density at radius 3 is 1.58 bits per heavy atom. The van der Waals surface area contributed by atoms with Crippen molar-refractivity contribution in [2.45, 2.75) is 19.8 Å². The normalized spacial score (nSPS) is 9.90. The maximum atomic E-state index is 12.5. The Hall–Kier alpha value is -3.18. The largest absolute Gasteiger partial charge is 0.508 e. The number of aromatic hydroxyl groups is 1. The highest BCUT2D eigenvalue weighted by Gasteiger charge is 2.19. The molecule has 2 aromatic rings. The van der Waals surface area contributed by atoms with Crippen molar-refractivity contribution in [1.29, 1.82) is 0 Å². The van der Waals surface area contributed by atoms with Gasteiger partial charge in [0.05, 0.1) is 32.5 Å². The van der Waals surface area contributed by atoms with Gasteiger partial charge in [0.1, 0.15) is 5.75 Å². The Kier molecular flexibility index (Phi) is 12.5. The number of carbonyl (C=O) groups is 2. The van der Waals surface area contributed by atoms with Crippen LogP contribution in [-0.4, -0.2) is 43.6 Å². The highest BCUT2D eigenvalue weighted by atomic mass is 19.3. The second-order valence-electron chi connectivity index (χ2n) is 5.63. The summed E-state index contributed by atoms with van der Waals surface area (Å²) in [5, 5.41) is 16.0. The van der Waals surface area contributed by atoms with Gasteiger partial charge in [-0.25, -0.2) is 32.0 Å². The standard InChI is InChI=1S/C10H10F2O2.C9H8F2O3.CH4O2/c1-6-3-4-7(10(13)14-2)8(5-6)9(11)12;1-14-9(13)6-3-2-5(12)4-7(6)8(10)11;1-3-2/h3-5,9H,1-2H3;2-4,8,12H,1H3;2H,1H3. The second-order valence-corrected chi connectivity index (χ2v) is 5.63. The van der Waals surface area contributed by atoms with Crippen LogP contribution in [0.4, 0.5) is 17.6 Å². The Morgan fingerprint density at radius 2 is 1.19 bits per heavy atom. The number of hydrogen-bond acceptors (Lipinski definition) is 7. The van der Waals surface area contributed by atoms with Crippen LogP contribution in [-0.2, 0) is 14.4 Å². The second kappa shape index (κ2) is 13.9. The van der Waals surface area contributed by atoms with Crippen molar-refractivity contribution >= 4 is 11.9 Å². The minimum Gasteiger partial charge on any atom is -0.508 e. The van der Waals surface area contributed by atoms with Gasteiger partial charge in [0.25, 0.3) is 12.9 Å². The van der Waals surface area contributed by atoms with Crippen LogP contribution in [0.1, 0.15) is 50.3 Å². The predicted molar refractivity (Wildman–Crippen MR) is 102 cm³/mol.